The molecule has 2 aromatic rings. The smallest absolute Gasteiger partial charge is 0.244 e. The van der Waals surface area contributed by atoms with E-state index >= 15 is 0 Å². The van der Waals surface area contributed by atoms with Crippen molar-refractivity contribution < 1.29 is 24.0 Å². The first-order valence-electron chi connectivity index (χ1n) is 15.0. The molecule has 1 aliphatic rings. The Morgan fingerprint density at radius 2 is 1.58 bits per heavy atom. The number of carbonyl (C=O) groups is 5. The fraction of sp³-hybridized carbons (Fsp3) is 0.441. The van der Waals surface area contributed by atoms with Gasteiger partial charge in [-0.3, -0.25) is 19.2 Å². The summed E-state index contributed by atoms with van der Waals surface area (Å²) in [7, 11) is 0. The second kappa shape index (κ2) is 16.4. The summed E-state index contributed by atoms with van der Waals surface area (Å²) in [6.07, 6.45) is 5.71. The quantitative estimate of drug-likeness (QED) is 0.198. The number of nitrogens with one attached hydrogen (secondary N) is 4. The molecule has 0 aromatic heterocycles. The van der Waals surface area contributed by atoms with Gasteiger partial charge in [0.2, 0.25) is 23.6 Å². The van der Waals surface area contributed by atoms with Gasteiger partial charge in [-0.15, -0.1) is 0 Å². The number of carbonyl (C=O) groups excluding carboxylic acids is 5. The summed E-state index contributed by atoms with van der Waals surface area (Å²) >= 11 is 0. The van der Waals surface area contributed by atoms with Crippen molar-refractivity contribution in [2.45, 2.75) is 71.5 Å². The zero-order chi connectivity index (χ0) is 31.4. The second-order valence-electron chi connectivity index (χ2n) is 11.9. The highest BCUT2D eigenvalue weighted by molar-refractivity contribution is 5.97. The maximum atomic E-state index is 13.3. The summed E-state index contributed by atoms with van der Waals surface area (Å²) < 4.78 is 0. The molecule has 4 amide bonds. The van der Waals surface area contributed by atoms with E-state index < -0.39 is 35.8 Å². The predicted octanol–water partition coefficient (Wildman–Crippen LogP) is 3.64. The van der Waals surface area contributed by atoms with E-state index in [-0.39, 0.29) is 30.1 Å². The van der Waals surface area contributed by atoms with Gasteiger partial charge in [-0.05, 0) is 60.3 Å². The largest absolute Gasteiger partial charge is 0.356 e. The monoisotopic (exact) mass is 588 g/mol. The fourth-order valence-corrected chi connectivity index (χ4v) is 5.09. The van der Waals surface area contributed by atoms with Gasteiger partial charge in [0.1, 0.15) is 18.4 Å². The van der Waals surface area contributed by atoms with Crippen LogP contribution in [0.1, 0.15) is 58.9 Å². The normalized spacial score (nSPS) is 17.2. The Morgan fingerprint density at radius 3 is 2.19 bits per heavy atom. The maximum Gasteiger partial charge on any atom is 0.244 e. The molecule has 9 heteroatoms. The molecule has 3 rings (SSSR count). The van der Waals surface area contributed by atoms with Gasteiger partial charge >= 0.3 is 0 Å². The standard InChI is InChI=1S/C34H44N4O5/c1-22(2)19-29(33(42)36-28(21-39)20-27-11-8-18-35-32(27)41)37-34(43)31(23(3)4)38-30(40)17-14-24-12-15-26(16-13-24)25-9-6-5-7-10-25/h5-7,9-10,12-17,21-23,27-29,31H,8,11,18-20H2,1-4H3,(H,35,41)(H,36,42)(H,37,43)(H,38,40)/b17-14+/t27-,28-,29-,31-/m0/s1. The van der Waals surface area contributed by atoms with Crippen LogP contribution in [0, 0.1) is 17.8 Å². The van der Waals surface area contributed by atoms with Crippen LogP contribution in [-0.4, -0.2) is 54.6 Å². The van der Waals surface area contributed by atoms with Gasteiger partial charge in [-0.1, -0.05) is 82.3 Å². The Balaban J connectivity index is 1.61. The second-order valence-corrected chi connectivity index (χ2v) is 11.9. The van der Waals surface area contributed by atoms with E-state index in [4.69, 9.17) is 0 Å². The molecule has 0 unspecified atom stereocenters. The van der Waals surface area contributed by atoms with Gasteiger partial charge in [0, 0.05) is 18.5 Å². The number of amides is 4. The van der Waals surface area contributed by atoms with E-state index in [1.807, 2.05) is 82.3 Å². The molecule has 0 bridgehead atoms. The number of piperidine rings is 1. The van der Waals surface area contributed by atoms with Crippen molar-refractivity contribution in [1.82, 2.24) is 21.3 Å². The molecule has 0 saturated carbocycles. The SMILES string of the molecule is CC(C)C[C@H](NC(=O)[C@@H](NC(=O)/C=C/c1ccc(-c2ccccc2)cc1)C(C)C)C(=O)N[C@H](C=O)C[C@@H]1CCCNC1=O. The van der Waals surface area contributed by atoms with Gasteiger partial charge < -0.3 is 26.1 Å². The molecule has 1 heterocycles. The average Bonchev–Trinajstić information content (AvgIpc) is 2.99. The summed E-state index contributed by atoms with van der Waals surface area (Å²) in [6.45, 7) is 8.09. The van der Waals surface area contributed by atoms with Gasteiger partial charge in [0.15, 0.2) is 0 Å². The Labute approximate surface area is 254 Å². The third-order valence-electron chi connectivity index (χ3n) is 7.46. The lowest BCUT2D eigenvalue weighted by Crippen LogP contribution is -2.56. The summed E-state index contributed by atoms with van der Waals surface area (Å²) in [6, 6.07) is 15.1. The summed E-state index contributed by atoms with van der Waals surface area (Å²) in [4.78, 5) is 63.2. The third kappa shape index (κ3) is 10.5. The van der Waals surface area contributed by atoms with Crippen LogP contribution in [0.5, 0.6) is 0 Å². The Morgan fingerprint density at radius 1 is 0.907 bits per heavy atom. The first kappa shape index (κ1) is 33.2. The van der Waals surface area contributed by atoms with E-state index in [2.05, 4.69) is 21.3 Å². The van der Waals surface area contributed by atoms with E-state index in [0.29, 0.717) is 25.7 Å². The summed E-state index contributed by atoms with van der Waals surface area (Å²) in [5.41, 5.74) is 3.01. The molecule has 1 aliphatic heterocycles. The van der Waals surface area contributed by atoms with Crippen LogP contribution in [0.4, 0.5) is 0 Å². The Hall–Kier alpha value is -4.27. The topological polar surface area (TPSA) is 133 Å². The maximum absolute atomic E-state index is 13.3. The van der Waals surface area contributed by atoms with Crippen molar-refractivity contribution in [1.29, 1.82) is 0 Å². The number of hydrogen-bond donors (Lipinski definition) is 4. The van der Waals surface area contributed by atoms with E-state index in [1.54, 1.807) is 6.08 Å². The molecule has 0 aliphatic carbocycles. The zero-order valence-electron chi connectivity index (χ0n) is 25.5. The molecule has 43 heavy (non-hydrogen) atoms. The lowest BCUT2D eigenvalue weighted by Gasteiger charge is -2.28. The number of benzene rings is 2. The van der Waals surface area contributed by atoms with Crippen LogP contribution in [0.2, 0.25) is 0 Å². The minimum atomic E-state index is -0.910. The zero-order valence-corrected chi connectivity index (χ0v) is 25.5. The van der Waals surface area contributed by atoms with Crippen LogP contribution in [0.3, 0.4) is 0 Å². The first-order valence-corrected chi connectivity index (χ1v) is 15.0. The van der Waals surface area contributed by atoms with Crippen molar-refractivity contribution in [3.8, 4) is 11.1 Å². The molecule has 9 nitrogen and oxygen atoms in total. The highest BCUT2D eigenvalue weighted by Crippen LogP contribution is 2.20. The van der Waals surface area contributed by atoms with Crippen molar-refractivity contribution in [3.63, 3.8) is 0 Å². The molecule has 0 radical (unpaired) electrons. The van der Waals surface area contributed by atoms with Gasteiger partial charge in [0.05, 0.1) is 6.04 Å². The Kier molecular flexibility index (Phi) is 12.7. The van der Waals surface area contributed by atoms with Crippen molar-refractivity contribution in [2.24, 2.45) is 17.8 Å². The minimum Gasteiger partial charge on any atom is -0.356 e. The number of aldehydes is 1. The van der Waals surface area contributed by atoms with E-state index in [0.717, 1.165) is 23.1 Å². The molecule has 4 N–H and O–H groups in total. The highest BCUT2D eigenvalue weighted by atomic mass is 16.2. The first-order chi connectivity index (χ1) is 20.6. The molecular formula is C34H44N4O5. The molecule has 4 atom stereocenters. The van der Waals surface area contributed by atoms with Crippen molar-refractivity contribution in [2.75, 3.05) is 6.54 Å². The van der Waals surface area contributed by atoms with Gasteiger partial charge in [0.25, 0.3) is 0 Å². The van der Waals surface area contributed by atoms with Crippen molar-refractivity contribution >= 4 is 36.0 Å². The number of rotatable bonds is 14. The van der Waals surface area contributed by atoms with Crippen LogP contribution in [-0.2, 0) is 24.0 Å². The molecule has 0 spiro atoms. The van der Waals surface area contributed by atoms with Gasteiger partial charge in [-0.2, -0.15) is 0 Å². The van der Waals surface area contributed by atoms with Crippen LogP contribution in [0.15, 0.2) is 60.7 Å². The third-order valence-corrected chi connectivity index (χ3v) is 7.46. The lowest BCUT2D eigenvalue weighted by molar-refractivity contribution is -0.133. The van der Waals surface area contributed by atoms with Gasteiger partial charge in [-0.25, -0.2) is 0 Å². The van der Waals surface area contributed by atoms with E-state index in [9.17, 15) is 24.0 Å². The molecular weight excluding hydrogens is 544 g/mol. The van der Waals surface area contributed by atoms with Crippen molar-refractivity contribution in [3.05, 3.63) is 66.2 Å². The summed E-state index contributed by atoms with van der Waals surface area (Å²) in [5.74, 6) is -2.07. The van der Waals surface area contributed by atoms with E-state index in [1.165, 1.54) is 6.08 Å². The van der Waals surface area contributed by atoms with Crippen LogP contribution in [0.25, 0.3) is 17.2 Å². The molecule has 2 aromatic carbocycles. The molecule has 1 saturated heterocycles. The van der Waals surface area contributed by atoms with Crippen LogP contribution >= 0.6 is 0 Å². The fourth-order valence-electron chi connectivity index (χ4n) is 5.09. The Bertz CT molecular complexity index is 1270. The summed E-state index contributed by atoms with van der Waals surface area (Å²) in [5, 5.41) is 11.0. The number of hydrogen-bond acceptors (Lipinski definition) is 5. The lowest BCUT2D eigenvalue weighted by atomic mass is 9.91. The average molecular weight is 589 g/mol. The molecule has 1 fully saturated rings. The highest BCUT2D eigenvalue weighted by Gasteiger charge is 2.31. The minimum absolute atomic E-state index is 0.0677. The predicted molar refractivity (Wildman–Crippen MR) is 167 cm³/mol. The molecule has 230 valence electrons. The van der Waals surface area contributed by atoms with Crippen LogP contribution < -0.4 is 21.3 Å².